The van der Waals surface area contributed by atoms with Gasteiger partial charge in [0, 0.05) is 27.2 Å². The molecule has 108 valence electrons. The fourth-order valence-corrected chi connectivity index (χ4v) is 1.89. The SMILES string of the molecule is C=CC(=O)Nc1cnc(N2CCOCC2)nc1N(C)C. The second kappa shape index (κ2) is 6.33. The van der Waals surface area contributed by atoms with E-state index in [1.54, 1.807) is 6.20 Å². The molecular formula is C13H19N5O2. The van der Waals surface area contributed by atoms with E-state index in [0.717, 1.165) is 13.1 Å². The number of morpholine rings is 1. The minimum absolute atomic E-state index is 0.282. The van der Waals surface area contributed by atoms with Crippen LogP contribution in [-0.4, -0.2) is 56.3 Å². The number of carbonyl (C=O) groups is 1. The number of hydrogen-bond acceptors (Lipinski definition) is 6. The lowest BCUT2D eigenvalue weighted by Gasteiger charge is -2.28. The highest BCUT2D eigenvalue weighted by Crippen LogP contribution is 2.23. The van der Waals surface area contributed by atoms with Crippen molar-refractivity contribution in [1.29, 1.82) is 0 Å². The summed E-state index contributed by atoms with van der Waals surface area (Å²) in [6.45, 7) is 6.32. The highest BCUT2D eigenvalue weighted by atomic mass is 16.5. The van der Waals surface area contributed by atoms with Gasteiger partial charge in [0.15, 0.2) is 5.82 Å². The summed E-state index contributed by atoms with van der Waals surface area (Å²) in [5, 5.41) is 2.70. The zero-order valence-electron chi connectivity index (χ0n) is 11.8. The van der Waals surface area contributed by atoms with E-state index in [-0.39, 0.29) is 5.91 Å². The Morgan fingerprint density at radius 3 is 2.80 bits per heavy atom. The highest BCUT2D eigenvalue weighted by Gasteiger charge is 2.17. The Morgan fingerprint density at radius 2 is 2.20 bits per heavy atom. The van der Waals surface area contributed by atoms with Crippen LogP contribution in [-0.2, 0) is 9.53 Å². The number of nitrogens with zero attached hydrogens (tertiary/aromatic N) is 4. The molecule has 2 rings (SSSR count). The van der Waals surface area contributed by atoms with Gasteiger partial charge >= 0.3 is 0 Å². The van der Waals surface area contributed by atoms with E-state index in [1.165, 1.54) is 6.08 Å². The standard InChI is InChI=1S/C13H19N5O2/c1-4-11(19)15-10-9-14-13(16-12(10)17(2)3)18-5-7-20-8-6-18/h4,9H,1,5-8H2,2-3H3,(H,15,19). The molecule has 1 amide bonds. The fourth-order valence-electron chi connectivity index (χ4n) is 1.89. The maximum Gasteiger partial charge on any atom is 0.247 e. The lowest BCUT2D eigenvalue weighted by atomic mass is 10.4. The third-order valence-electron chi connectivity index (χ3n) is 2.92. The van der Waals surface area contributed by atoms with Crippen molar-refractivity contribution in [2.24, 2.45) is 0 Å². The number of anilines is 3. The molecule has 20 heavy (non-hydrogen) atoms. The van der Waals surface area contributed by atoms with Crippen molar-refractivity contribution in [3.8, 4) is 0 Å². The van der Waals surface area contributed by atoms with Crippen molar-refractivity contribution < 1.29 is 9.53 Å². The maximum absolute atomic E-state index is 11.4. The Balaban J connectivity index is 2.26. The molecule has 1 aromatic rings. The van der Waals surface area contributed by atoms with Crippen LogP contribution in [0.3, 0.4) is 0 Å². The molecule has 7 heteroatoms. The van der Waals surface area contributed by atoms with Gasteiger partial charge in [-0.05, 0) is 6.08 Å². The van der Waals surface area contributed by atoms with Crippen LogP contribution in [0, 0.1) is 0 Å². The quantitative estimate of drug-likeness (QED) is 0.808. The Hall–Kier alpha value is -2.15. The van der Waals surface area contributed by atoms with E-state index in [2.05, 4.69) is 26.8 Å². The third kappa shape index (κ3) is 3.24. The van der Waals surface area contributed by atoms with Gasteiger partial charge in [-0.3, -0.25) is 4.79 Å². The summed E-state index contributed by atoms with van der Waals surface area (Å²) in [5.41, 5.74) is 0.567. The van der Waals surface area contributed by atoms with E-state index >= 15 is 0 Å². The molecule has 0 unspecified atom stereocenters. The maximum atomic E-state index is 11.4. The van der Waals surface area contributed by atoms with Crippen LogP contribution in [0.2, 0.25) is 0 Å². The average Bonchev–Trinajstić information content (AvgIpc) is 2.48. The monoisotopic (exact) mass is 277 g/mol. The van der Waals surface area contributed by atoms with Gasteiger partial charge in [-0.15, -0.1) is 0 Å². The molecule has 1 saturated heterocycles. The number of aromatic nitrogens is 2. The first-order valence-electron chi connectivity index (χ1n) is 6.42. The summed E-state index contributed by atoms with van der Waals surface area (Å²) >= 11 is 0. The molecule has 0 atom stereocenters. The van der Waals surface area contributed by atoms with Gasteiger partial charge in [-0.25, -0.2) is 4.98 Å². The summed E-state index contributed by atoms with van der Waals surface area (Å²) in [6.07, 6.45) is 2.84. The number of hydrogen-bond donors (Lipinski definition) is 1. The van der Waals surface area contributed by atoms with Crippen LogP contribution in [0.1, 0.15) is 0 Å². The second-order valence-corrected chi connectivity index (χ2v) is 4.59. The van der Waals surface area contributed by atoms with Gasteiger partial charge < -0.3 is 19.9 Å². The molecule has 0 spiro atoms. The lowest BCUT2D eigenvalue weighted by molar-refractivity contribution is -0.111. The predicted octanol–water partition coefficient (Wildman–Crippen LogP) is 0.504. The van der Waals surface area contributed by atoms with Crippen molar-refractivity contribution in [3.05, 3.63) is 18.9 Å². The van der Waals surface area contributed by atoms with Crippen LogP contribution in [0.5, 0.6) is 0 Å². The van der Waals surface area contributed by atoms with E-state index in [4.69, 9.17) is 4.74 Å². The largest absolute Gasteiger partial charge is 0.378 e. The van der Waals surface area contributed by atoms with E-state index in [9.17, 15) is 4.79 Å². The molecule has 1 fully saturated rings. The second-order valence-electron chi connectivity index (χ2n) is 4.59. The average molecular weight is 277 g/mol. The first-order valence-corrected chi connectivity index (χ1v) is 6.42. The van der Waals surface area contributed by atoms with Crippen molar-refractivity contribution >= 4 is 23.4 Å². The third-order valence-corrected chi connectivity index (χ3v) is 2.92. The Bertz CT molecular complexity index is 498. The molecule has 7 nitrogen and oxygen atoms in total. The minimum atomic E-state index is -0.282. The number of ether oxygens (including phenoxy) is 1. The molecule has 2 heterocycles. The Labute approximate surface area is 118 Å². The van der Waals surface area contributed by atoms with E-state index in [1.807, 2.05) is 19.0 Å². The molecule has 0 radical (unpaired) electrons. The highest BCUT2D eigenvalue weighted by molar-refractivity contribution is 6.00. The molecule has 1 N–H and O–H groups in total. The number of amides is 1. The first-order chi connectivity index (χ1) is 9.61. The lowest BCUT2D eigenvalue weighted by Crippen LogP contribution is -2.37. The van der Waals surface area contributed by atoms with Gasteiger partial charge in [-0.1, -0.05) is 6.58 Å². The van der Waals surface area contributed by atoms with E-state index < -0.39 is 0 Å². The molecule has 0 bridgehead atoms. The fraction of sp³-hybridized carbons (Fsp3) is 0.462. The summed E-state index contributed by atoms with van der Waals surface area (Å²) < 4.78 is 5.31. The van der Waals surface area contributed by atoms with Gasteiger partial charge in [0.1, 0.15) is 5.69 Å². The van der Waals surface area contributed by atoms with Gasteiger partial charge in [0.2, 0.25) is 11.9 Å². The molecule has 1 aromatic heterocycles. The summed E-state index contributed by atoms with van der Waals surface area (Å²) in [6, 6.07) is 0. The van der Waals surface area contributed by atoms with Gasteiger partial charge in [0.05, 0.1) is 19.4 Å². The molecule has 0 aromatic carbocycles. The molecular weight excluding hydrogens is 258 g/mol. The zero-order valence-corrected chi connectivity index (χ0v) is 11.8. The first kappa shape index (κ1) is 14.3. The van der Waals surface area contributed by atoms with Crippen LogP contribution < -0.4 is 15.1 Å². The molecule has 0 aliphatic carbocycles. The van der Waals surface area contributed by atoms with Gasteiger partial charge in [0.25, 0.3) is 0 Å². The number of carbonyl (C=O) groups excluding carboxylic acids is 1. The van der Waals surface area contributed by atoms with Crippen molar-refractivity contribution in [3.63, 3.8) is 0 Å². The molecule has 1 aliphatic heterocycles. The minimum Gasteiger partial charge on any atom is -0.378 e. The van der Waals surface area contributed by atoms with Crippen molar-refractivity contribution in [2.75, 3.05) is 55.5 Å². The number of nitrogens with one attached hydrogen (secondary N) is 1. The van der Waals surface area contributed by atoms with Crippen molar-refractivity contribution in [2.45, 2.75) is 0 Å². The molecule has 1 aliphatic rings. The zero-order chi connectivity index (χ0) is 14.5. The molecule has 0 saturated carbocycles. The summed E-state index contributed by atoms with van der Waals surface area (Å²) in [7, 11) is 3.74. The van der Waals surface area contributed by atoms with Crippen LogP contribution >= 0.6 is 0 Å². The number of rotatable bonds is 4. The summed E-state index contributed by atoms with van der Waals surface area (Å²) in [4.78, 5) is 24.2. The smallest absolute Gasteiger partial charge is 0.247 e. The van der Waals surface area contributed by atoms with Gasteiger partial charge in [-0.2, -0.15) is 4.98 Å². The Kier molecular flexibility index (Phi) is 4.52. The Morgan fingerprint density at radius 1 is 1.50 bits per heavy atom. The predicted molar refractivity (Wildman–Crippen MR) is 78.2 cm³/mol. The normalized spacial score (nSPS) is 14.8. The van der Waals surface area contributed by atoms with Crippen LogP contribution in [0.25, 0.3) is 0 Å². The van der Waals surface area contributed by atoms with Crippen molar-refractivity contribution in [1.82, 2.24) is 9.97 Å². The topological polar surface area (TPSA) is 70.6 Å². The van der Waals surface area contributed by atoms with E-state index in [0.29, 0.717) is 30.7 Å². The van der Waals surface area contributed by atoms with Crippen LogP contribution in [0.4, 0.5) is 17.5 Å². The van der Waals surface area contributed by atoms with Crippen LogP contribution in [0.15, 0.2) is 18.9 Å². The summed E-state index contributed by atoms with van der Waals surface area (Å²) in [5.74, 6) is 1.03.